The maximum Gasteiger partial charge on any atom is 0.342 e. The monoisotopic (exact) mass is 315 g/mol. The molecular weight excluding hydrogens is 302 g/mol. The molecule has 1 N–H and O–H groups in total. The van der Waals surface area contributed by atoms with Crippen LogP contribution in [0, 0.1) is 10.1 Å². The molecular formula is C12H13NO7S. The summed E-state index contributed by atoms with van der Waals surface area (Å²) in [5.74, 6) is -0.949. The van der Waals surface area contributed by atoms with E-state index in [2.05, 4.69) is 4.74 Å². The maximum atomic E-state index is 11.6. The molecule has 0 atom stereocenters. The third kappa shape index (κ3) is 3.78. The minimum atomic E-state index is -3.64. The topological polar surface area (TPSA) is 124 Å². The molecule has 21 heavy (non-hydrogen) atoms. The van der Waals surface area contributed by atoms with Gasteiger partial charge in [0.1, 0.15) is 5.57 Å². The molecule has 0 radical (unpaired) electrons. The Bertz CT molecular complexity index is 706. The van der Waals surface area contributed by atoms with Gasteiger partial charge < -0.3 is 9.84 Å². The number of esters is 1. The number of sulfone groups is 1. The van der Waals surface area contributed by atoms with Crippen LogP contribution in [0.4, 0.5) is 5.69 Å². The Morgan fingerprint density at radius 3 is 2.52 bits per heavy atom. The first-order valence-electron chi connectivity index (χ1n) is 5.72. The fourth-order valence-corrected chi connectivity index (χ4v) is 2.20. The van der Waals surface area contributed by atoms with Crippen LogP contribution in [0.2, 0.25) is 0 Å². The van der Waals surface area contributed by atoms with Gasteiger partial charge in [0, 0.05) is 12.3 Å². The fourth-order valence-electron chi connectivity index (χ4n) is 1.56. The number of nitro benzene ring substituents is 1. The van der Waals surface area contributed by atoms with Gasteiger partial charge in [0.05, 0.1) is 28.3 Å². The molecule has 114 valence electrons. The Kier molecular flexibility index (Phi) is 5.03. The van der Waals surface area contributed by atoms with Crippen molar-refractivity contribution in [2.75, 3.05) is 12.9 Å². The Balaban J connectivity index is 3.50. The molecule has 8 nitrogen and oxygen atoms in total. The summed E-state index contributed by atoms with van der Waals surface area (Å²) in [4.78, 5) is 21.6. The van der Waals surface area contributed by atoms with Crippen LogP contribution in [-0.4, -0.2) is 37.3 Å². The van der Waals surface area contributed by atoms with Crippen molar-refractivity contribution >= 4 is 27.1 Å². The predicted molar refractivity (Wildman–Crippen MR) is 73.4 cm³/mol. The van der Waals surface area contributed by atoms with Crippen LogP contribution in [0.5, 0.6) is 0 Å². The molecule has 1 rings (SSSR count). The first-order chi connectivity index (χ1) is 9.72. The fraction of sp³-hybridized carbons (Fsp3) is 0.250. The minimum absolute atomic E-state index is 0.0192. The van der Waals surface area contributed by atoms with Crippen molar-refractivity contribution in [2.45, 2.75) is 11.8 Å². The number of rotatable bonds is 5. The Morgan fingerprint density at radius 2 is 2.10 bits per heavy atom. The molecule has 0 unspecified atom stereocenters. The van der Waals surface area contributed by atoms with Gasteiger partial charge in [-0.25, -0.2) is 13.2 Å². The number of nitrogens with zero attached hydrogens (tertiary/aromatic N) is 1. The third-order valence-electron chi connectivity index (χ3n) is 2.51. The number of nitro groups is 1. The van der Waals surface area contributed by atoms with E-state index in [1.54, 1.807) is 0 Å². The van der Waals surface area contributed by atoms with E-state index in [1.807, 2.05) is 0 Å². The lowest BCUT2D eigenvalue weighted by atomic mass is 10.1. The number of aliphatic hydroxyl groups excluding tert-OH is 1. The van der Waals surface area contributed by atoms with E-state index in [9.17, 15) is 23.3 Å². The van der Waals surface area contributed by atoms with Crippen molar-refractivity contribution in [1.82, 2.24) is 0 Å². The first kappa shape index (κ1) is 16.6. The molecule has 1 aromatic carbocycles. The van der Waals surface area contributed by atoms with Gasteiger partial charge >= 0.3 is 5.97 Å². The first-order valence-corrected chi connectivity index (χ1v) is 7.61. The molecule has 0 saturated carbocycles. The molecule has 1 aromatic rings. The van der Waals surface area contributed by atoms with Crippen molar-refractivity contribution in [3.05, 3.63) is 40.1 Å². The van der Waals surface area contributed by atoms with E-state index in [0.717, 1.165) is 24.5 Å². The molecule has 0 spiro atoms. The second kappa shape index (κ2) is 6.35. The van der Waals surface area contributed by atoms with Crippen LogP contribution in [-0.2, 0) is 19.4 Å². The van der Waals surface area contributed by atoms with Gasteiger partial charge in [-0.05, 0) is 19.1 Å². The van der Waals surface area contributed by atoms with Crippen LogP contribution in [0.25, 0.3) is 5.57 Å². The highest BCUT2D eigenvalue weighted by Crippen LogP contribution is 2.29. The molecule has 0 aliphatic heterocycles. The van der Waals surface area contributed by atoms with E-state index >= 15 is 0 Å². The Hall–Kier alpha value is -2.42. The van der Waals surface area contributed by atoms with E-state index < -0.39 is 32.0 Å². The predicted octanol–water partition coefficient (Wildman–Crippen LogP) is 1.46. The molecule has 0 amide bonds. The highest BCUT2D eigenvalue weighted by atomic mass is 32.2. The average molecular weight is 315 g/mol. The van der Waals surface area contributed by atoms with E-state index in [0.29, 0.717) is 6.26 Å². The highest BCUT2D eigenvalue weighted by Gasteiger charge is 2.25. The number of hydrogen-bond acceptors (Lipinski definition) is 7. The van der Waals surface area contributed by atoms with Gasteiger partial charge in [0.2, 0.25) is 0 Å². The van der Waals surface area contributed by atoms with Crippen LogP contribution in [0.15, 0.2) is 29.4 Å². The summed E-state index contributed by atoms with van der Waals surface area (Å²) in [5, 5.41) is 20.2. The van der Waals surface area contributed by atoms with Crippen LogP contribution >= 0.6 is 0 Å². The normalized spacial score (nSPS) is 12.0. The number of aliphatic hydroxyl groups is 1. The number of carbonyl (C=O) groups is 1. The van der Waals surface area contributed by atoms with E-state index in [4.69, 9.17) is 5.11 Å². The zero-order valence-electron chi connectivity index (χ0n) is 11.3. The Morgan fingerprint density at radius 1 is 1.48 bits per heavy atom. The van der Waals surface area contributed by atoms with Crippen molar-refractivity contribution in [1.29, 1.82) is 0 Å². The summed E-state index contributed by atoms with van der Waals surface area (Å²) in [6, 6.07) is 3.02. The lowest BCUT2D eigenvalue weighted by Gasteiger charge is -2.07. The summed E-state index contributed by atoms with van der Waals surface area (Å²) >= 11 is 0. The highest BCUT2D eigenvalue weighted by molar-refractivity contribution is 7.90. The summed E-state index contributed by atoms with van der Waals surface area (Å²) < 4.78 is 27.5. The molecule has 0 fully saturated rings. The van der Waals surface area contributed by atoms with Crippen LogP contribution < -0.4 is 0 Å². The van der Waals surface area contributed by atoms with Gasteiger partial charge in [-0.15, -0.1) is 0 Å². The lowest BCUT2D eigenvalue weighted by Crippen LogP contribution is -2.09. The molecule has 0 heterocycles. The zero-order valence-corrected chi connectivity index (χ0v) is 12.1. The molecule has 0 aromatic heterocycles. The summed E-state index contributed by atoms with van der Waals surface area (Å²) in [6.45, 7) is 1.56. The van der Waals surface area contributed by atoms with Crippen LogP contribution in [0.1, 0.15) is 12.5 Å². The van der Waals surface area contributed by atoms with E-state index in [-0.39, 0.29) is 17.1 Å². The standard InChI is InChI=1S/C12H13NO7S/c1-3-20-12(15)10(7-14)9-5-4-8(21(2,18)19)6-11(9)13(16)17/h4-7,14H,3H2,1-2H3/b10-7-. The number of ether oxygens (including phenoxy) is 1. The number of benzene rings is 1. The smallest absolute Gasteiger partial charge is 0.342 e. The SMILES string of the molecule is CCOC(=O)/C(=C\O)c1ccc(S(C)(=O)=O)cc1[N+](=O)[O-]. The summed E-state index contributed by atoms with van der Waals surface area (Å²) in [5.41, 5.74) is -1.27. The zero-order chi connectivity index (χ0) is 16.2. The average Bonchev–Trinajstić information content (AvgIpc) is 2.38. The number of carbonyl (C=O) groups excluding carboxylic acids is 1. The van der Waals surface area contributed by atoms with Gasteiger partial charge in [-0.3, -0.25) is 10.1 Å². The lowest BCUT2D eigenvalue weighted by molar-refractivity contribution is -0.385. The van der Waals surface area contributed by atoms with Crippen molar-refractivity contribution in [3.8, 4) is 0 Å². The second-order valence-corrected chi connectivity index (χ2v) is 5.99. The van der Waals surface area contributed by atoms with Crippen molar-refractivity contribution < 1.29 is 28.0 Å². The second-order valence-electron chi connectivity index (χ2n) is 3.97. The van der Waals surface area contributed by atoms with E-state index in [1.165, 1.54) is 6.92 Å². The molecule has 9 heteroatoms. The van der Waals surface area contributed by atoms with Crippen LogP contribution in [0.3, 0.4) is 0 Å². The van der Waals surface area contributed by atoms with Crippen molar-refractivity contribution in [3.63, 3.8) is 0 Å². The summed E-state index contributed by atoms with van der Waals surface area (Å²) in [7, 11) is -3.64. The van der Waals surface area contributed by atoms with Crippen molar-refractivity contribution in [2.24, 2.45) is 0 Å². The molecule has 0 aliphatic rings. The largest absolute Gasteiger partial charge is 0.515 e. The summed E-state index contributed by atoms with van der Waals surface area (Å²) in [6.07, 6.45) is 1.29. The third-order valence-corrected chi connectivity index (χ3v) is 3.62. The molecule has 0 bridgehead atoms. The minimum Gasteiger partial charge on any atom is -0.515 e. The van der Waals surface area contributed by atoms with Gasteiger partial charge in [-0.2, -0.15) is 0 Å². The maximum absolute atomic E-state index is 11.6. The molecule has 0 aliphatic carbocycles. The van der Waals surface area contributed by atoms with Gasteiger partial charge in [-0.1, -0.05) is 0 Å². The quantitative estimate of drug-likeness (QED) is 0.287. The van der Waals surface area contributed by atoms with Gasteiger partial charge in [0.25, 0.3) is 5.69 Å². The molecule has 0 saturated heterocycles. The van der Waals surface area contributed by atoms with Gasteiger partial charge in [0.15, 0.2) is 9.84 Å². The Labute approximate surface area is 120 Å². The number of hydrogen-bond donors (Lipinski definition) is 1.